The van der Waals surface area contributed by atoms with Crippen molar-refractivity contribution in [3.8, 4) is 11.1 Å². The van der Waals surface area contributed by atoms with Crippen molar-refractivity contribution >= 4 is 18.0 Å². The van der Waals surface area contributed by atoms with E-state index in [4.69, 9.17) is 9.84 Å². The molecular weight excluding hydrogens is 408 g/mol. The van der Waals surface area contributed by atoms with E-state index in [-0.39, 0.29) is 30.4 Å². The average molecular weight is 437 g/mol. The second-order valence-corrected chi connectivity index (χ2v) is 8.48. The van der Waals surface area contributed by atoms with Crippen LogP contribution >= 0.6 is 0 Å². The number of unbranched alkanes of at least 4 members (excludes halogenated alkanes) is 1. The van der Waals surface area contributed by atoms with Crippen LogP contribution in [0.5, 0.6) is 0 Å². The van der Waals surface area contributed by atoms with E-state index in [0.29, 0.717) is 38.6 Å². The van der Waals surface area contributed by atoms with Gasteiger partial charge in [0.25, 0.3) is 0 Å². The molecule has 2 amide bonds. The van der Waals surface area contributed by atoms with E-state index in [1.807, 2.05) is 24.3 Å². The maximum absolute atomic E-state index is 12.1. The Morgan fingerprint density at radius 2 is 1.56 bits per heavy atom. The molecule has 2 aromatic carbocycles. The van der Waals surface area contributed by atoms with Crippen LogP contribution in [0.25, 0.3) is 11.1 Å². The summed E-state index contributed by atoms with van der Waals surface area (Å²) in [6.07, 6.45) is 2.23. The van der Waals surface area contributed by atoms with Crippen molar-refractivity contribution < 1.29 is 24.2 Å². The number of carboxylic acid groups (broad SMARTS) is 1. The number of aliphatic carboxylic acids is 1. The van der Waals surface area contributed by atoms with Crippen molar-refractivity contribution in [3.63, 3.8) is 0 Å². The number of carbonyl (C=O) groups is 3. The molecule has 0 spiro atoms. The zero-order valence-corrected chi connectivity index (χ0v) is 17.9. The summed E-state index contributed by atoms with van der Waals surface area (Å²) in [4.78, 5) is 34.8. The van der Waals surface area contributed by atoms with Gasteiger partial charge in [0.1, 0.15) is 6.61 Å². The van der Waals surface area contributed by atoms with Crippen LogP contribution in [-0.4, -0.2) is 42.3 Å². The van der Waals surface area contributed by atoms with E-state index >= 15 is 0 Å². The SMILES string of the molecule is O=C(CCCCNC(=O)OCC1c2ccccc2-c2ccccc21)NC1CC(C(=O)O)C1. The Morgan fingerprint density at radius 1 is 0.938 bits per heavy atom. The van der Waals surface area contributed by atoms with Gasteiger partial charge in [-0.3, -0.25) is 9.59 Å². The van der Waals surface area contributed by atoms with Crippen molar-refractivity contribution in [1.29, 1.82) is 0 Å². The van der Waals surface area contributed by atoms with E-state index in [1.165, 1.54) is 22.3 Å². The summed E-state index contributed by atoms with van der Waals surface area (Å²) in [5.41, 5.74) is 4.73. The summed E-state index contributed by atoms with van der Waals surface area (Å²) in [6, 6.07) is 16.4. The molecule has 0 heterocycles. The van der Waals surface area contributed by atoms with Gasteiger partial charge in [-0.05, 0) is 47.9 Å². The average Bonchev–Trinajstić information content (AvgIpc) is 3.08. The van der Waals surface area contributed by atoms with Crippen LogP contribution < -0.4 is 10.6 Å². The molecule has 4 rings (SSSR count). The molecule has 0 aromatic heterocycles. The molecule has 7 heteroatoms. The Bertz CT molecular complexity index is 954. The third-order valence-corrected chi connectivity index (χ3v) is 6.30. The van der Waals surface area contributed by atoms with E-state index in [0.717, 1.165) is 0 Å². The fourth-order valence-corrected chi connectivity index (χ4v) is 4.49. The quantitative estimate of drug-likeness (QED) is 0.520. The van der Waals surface area contributed by atoms with Crippen molar-refractivity contribution in [2.45, 2.75) is 44.1 Å². The van der Waals surface area contributed by atoms with Crippen LogP contribution in [0.15, 0.2) is 48.5 Å². The monoisotopic (exact) mass is 436 g/mol. The normalized spacial score (nSPS) is 18.8. The number of hydrogen-bond donors (Lipinski definition) is 3. The predicted molar refractivity (Wildman–Crippen MR) is 119 cm³/mol. The molecule has 32 heavy (non-hydrogen) atoms. The lowest BCUT2D eigenvalue weighted by Gasteiger charge is -2.32. The van der Waals surface area contributed by atoms with Crippen LogP contribution in [0.1, 0.15) is 49.1 Å². The van der Waals surface area contributed by atoms with Crippen molar-refractivity contribution in [2.24, 2.45) is 5.92 Å². The van der Waals surface area contributed by atoms with Crippen molar-refractivity contribution in [2.75, 3.05) is 13.2 Å². The molecule has 2 aromatic rings. The largest absolute Gasteiger partial charge is 0.481 e. The summed E-state index contributed by atoms with van der Waals surface area (Å²) < 4.78 is 5.49. The molecule has 1 fully saturated rings. The number of carboxylic acids is 1. The highest BCUT2D eigenvalue weighted by molar-refractivity contribution is 5.79. The Hall–Kier alpha value is -3.35. The highest BCUT2D eigenvalue weighted by atomic mass is 16.5. The molecule has 0 bridgehead atoms. The lowest BCUT2D eigenvalue weighted by molar-refractivity contribution is -0.146. The van der Waals surface area contributed by atoms with Crippen LogP contribution in [0.2, 0.25) is 0 Å². The van der Waals surface area contributed by atoms with E-state index in [1.54, 1.807) is 0 Å². The number of ether oxygens (including phenoxy) is 1. The summed E-state index contributed by atoms with van der Waals surface area (Å²) in [5.74, 6) is -1.17. The number of hydrogen-bond acceptors (Lipinski definition) is 4. The Labute approximate surface area is 187 Å². The van der Waals surface area contributed by atoms with Gasteiger partial charge in [0.05, 0.1) is 5.92 Å². The number of fused-ring (bicyclic) bond motifs is 3. The van der Waals surface area contributed by atoms with Gasteiger partial charge in [0, 0.05) is 24.9 Å². The predicted octanol–water partition coefficient (Wildman–Crippen LogP) is 3.67. The van der Waals surface area contributed by atoms with E-state index in [9.17, 15) is 14.4 Å². The topological polar surface area (TPSA) is 105 Å². The molecular formula is C25H28N2O5. The molecule has 2 aliphatic carbocycles. The Kier molecular flexibility index (Phi) is 6.73. The lowest BCUT2D eigenvalue weighted by Crippen LogP contribution is -2.46. The van der Waals surface area contributed by atoms with Gasteiger partial charge in [0.15, 0.2) is 0 Å². The highest BCUT2D eigenvalue weighted by Crippen LogP contribution is 2.44. The fraction of sp³-hybridized carbons (Fsp3) is 0.400. The number of carbonyl (C=O) groups excluding carboxylic acids is 2. The third-order valence-electron chi connectivity index (χ3n) is 6.30. The van der Waals surface area contributed by atoms with Gasteiger partial charge < -0.3 is 20.5 Å². The molecule has 0 saturated heterocycles. The molecule has 7 nitrogen and oxygen atoms in total. The minimum Gasteiger partial charge on any atom is -0.481 e. The number of benzene rings is 2. The zero-order chi connectivity index (χ0) is 22.5. The van der Waals surface area contributed by atoms with Gasteiger partial charge in [-0.25, -0.2) is 4.79 Å². The maximum Gasteiger partial charge on any atom is 0.407 e. The van der Waals surface area contributed by atoms with Gasteiger partial charge >= 0.3 is 12.1 Å². The number of nitrogens with one attached hydrogen (secondary N) is 2. The first-order valence-electron chi connectivity index (χ1n) is 11.1. The summed E-state index contributed by atoms with van der Waals surface area (Å²) >= 11 is 0. The fourth-order valence-electron chi connectivity index (χ4n) is 4.49. The van der Waals surface area contributed by atoms with Gasteiger partial charge in [-0.2, -0.15) is 0 Å². The first-order valence-corrected chi connectivity index (χ1v) is 11.1. The summed E-state index contributed by atoms with van der Waals surface area (Å²) in [7, 11) is 0. The summed E-state index contributed by atoms with van der Waals surface area (Å²) in [6.45, 7) is 0.718. The van der Waals surface area contributed by atoms with Crippen molar-refractivity contribution in [3.05, 3.63) is 59.7 Å². The first-order chi connectivity index (χ1) is 15.5. The molecule has 0 aliphatic heterocycles. The molecule has 0 unspecified atom stereocenters. The molecule has 1 saturated carbocycles. The molecule has 2 aliphatic rings. The highest BCUT2D eigenvalue weighted by Gasteiger charge is 2.35. The molecule has 168 valence electrons. The summed E-state index contributed by atoms with van der Waals surface area (Å²) in [5, 5.41) is 14.5. The van der Waals surface area contributed by atoms with Gasteiger partial charge in [-0.1, -0.05) is 48.5 Å². The zero-order valence-electron chi connectivity index (χ0n) is 17.9. The lowest BCUT2D eigenvalue weighted by atomic mass is 9.80. The number of alkyl carbamates (subject to hydrolysis) is 1. The van der Waals surface area contributed by atoms with Gasteiger partial charge in [0.2, 0.25) is 5.91 Å². The molecule has 0 atom stereocenters. The second kappa shape index (κ2) is 9.85. The minimum absolute atomic E-state index is 0.0254. The maximum atomic E-state index is 12.1. The minimum atomic E-state index is -0.796. The van der Waals surface area contributed by atoms with E-state index in [2.05, 4.69) is 34.9 Å². The second-order valence-electron chi connectivity index (χ2n) is 8.48. The van der Waals surface area contributed by atoms with Crippen LogP contribution in [0, 0.1) is 5.92 Å². The number of rotatable bonds is 9. The van der Waals surface area contributed by atoms with Gasteiger partial charge in [-0.15, -0.1) is 0 Å². The molecule has 0 radical (unpaired) electrons. The van der Waals surface area contributed by atoms with Crippen LogP contribution in [-0.2, 0) is 14.3 Å². The van der Waals surface area contributed by atoms with Crippen molar-refractivity contribution in [1.82, 2.24) is 10.6 Å². The first kappa shape index (κ1) is 21.9. The van der Waals surface area contributed by atoms with Crippen LogP contribution in [0.4, 0.5) is 4.79 Å². The van der Waals surface area contributed by atoms with E-state index < -0.39 is 12.1 Å². The third kappa shape index (κ3) is 4.93. The Balaban J connectivity index is 1.13. The standard InChI is InChI=1S/C25H28N2O5/c28-23(27-17-13-16(14-17)24(29)30)11-5-6-12-26-25(31)32-15-22-20-9-3-1-7-18(20)19-8-2-4-10-21(19)22/h1-4,7-10,16-17,22H,5-6,11-15H2,(H,26,31)(H,27,28)(H,29,30). The van der Waals surface area contributed by atoms with Crippen LogP contribution in [0.3, 0.4) is 0 Å². The molecule has 3 N–H and O–H groups in total. The smallest absolute Gasteiger partial charge is 0.407 e. The number of amides is 2. The Morgan fingerprint density at radius 3 is 2.19 bits per heavy atom.